The zero-order chi connectivity index (χ0) is 16.2. The molecule has 5 heteroatoms. The fourth-order valence-corrected chi connectivity index (χ4v) is 3.06. The molecule has 0 spiro atoms. The fraction of sp³-hybridized carbons (Fsp3) is 0.938. The van der Waals surface area contributed by atoms with Gasteiger partial charge in [-0.15, -0.1) is 0 Å². The molecule has 0 bridgehead atoms. The van der Waals surface area contributed by atoms with Crippen LogP contribution in [-0.2, 0) is 0 Å². The zero-order valence-corrected chi connectivity index (χ0v) is 14.5. The maximum absolute atomic E-state index is 12.5. The molecule has 1 aliphatic rings. The van der Waals surface area contributed by atoms with Crippen LogP contribution in [0, 0.1) is 11.3 Å². The Balaban J connectivity index is 2.57. The van der Waals surface area contributed by atoms with Gasteiger partial charge in [0.05, 0.1) is 6.10 Å². The van der Waals surface area contributed by atoms with Crippen LogP contribution in [0.1, 0.15) is 41.0 Å². The molecule has 1 heterocycles. The monoisotopic (exact) mass is 299 g/mol. The quantitative estimate of drug-likeness (QED) is 0.813. The molecule has 0 saturated carbocycles. The zero-order valence-electron chi connectivity index (χ0n) is 14.5. The molecule has 0 aromatic rings. The molecule has 1 fully saturated rings. The number of amides is 2. The lowest BCUT2D eigenvalue weighted by Crippen LogP contribution is -2.59. The molecule has 0 radical (unpaired) electrons. The van der Waals surface area contributed by atoms with Gasteiger partial charge in [-0.25, -0.2) is 4.79 Å². The molecule has 0 aromatic heterocycles. The maximum Gasteiger partial charge on any atom is 0.317 e. The predicted molar refractivity (Wildman–Crippen MR) is 86.3 cm³/mol. The van der Waals surface area contributed by atoms with Crippen molar-refractivity contribution in [1.29, 1.82) is 0 Å². The summed E-state index contributed by atoms with van der Waals surface area (Å²) in [5.74, 6) is 0.448. The Hall–Kier alpha value is -0.810. The van der Waals surface area contributed by atoms with E-state index in [-0.39, 0.29) is 23.6 Å². The van der Waals surface area contributed by atoms with E-state index in [9.17, 15) is 9.90 Å². The van der Waals surface area contributed by atoms with Gasteiger partial charge >= 0.3 is 6.03 Å². The molecule has 5 nitrogen and oxygen atoms in total. The first-order valence-corrected chi connectivity index (χ1v) is 8.03. The summed E-state index contributed by atoms with van der Waals surface area (Å²) in [6, 6.07) is 0.295. The van der Waals surface area contributed by atoms with E-state index in [2.05, 4.69) is 45.0 Å². The average Bonchev–Trinajstić information content (AvgIpc) is 2.34. The van der Waals surface area contributed by atoms with Gasteiger partial charge in [0, 0.05) is 32.2 Å². The second kappa shape index (κ2) is 7.45. The minimum atomic E-state index is -0.344. The van der Waals surface area contributed by atoms with Crippen LogP contribution in [0.3, 0.4) is 0 Å². The fourth-order valence-electron chi connectivity index (χ4n) is 3.06. The van der Waals surface area contributed by atoms with Crippen molar-refractivity contribution < 1.29 is 9.90 Å². The third-order valence-electron chi connectivity index (χ3n) is 4.22. The third kappa shape index (κ3) is 5.83. The largest absolute Gasteiger partial charge is 0.393 e. The van der Waals surface area contributed by atoms with Gasteiger partial charge in [-0.05, 0) is 31.7 Å². The Morgan fingerprint density at radius 3 is 2.48 bits per heavy atom. The van der Waals surface area contributed by atoms with E-state index in [4.69, 9.17) is 0 Å². The number of rotatable bonds is 5. The highest BCUT2D eigenvalue weighted by Gasteiger charge is 2.32. The first-order chi connectivity index (χ1) is 9.62. The first kappa shape index (κ1) is 18.2. The van der Waals surface area contributed by atoms with E-state index in [0.717, 1.165) is 19.6 Å². The Kier molecular flexibility index (Phi) is 6.47. The number of hydrogen-bond donors (Lipinski definition) is 2. The lowest BCUT2D eigenvalue weighted by atomic mass is 9.87. The lowest BCUT2D eigenvalue weighted by Gasteiger charge is -2.42. The van der Waals surface area contributed by atoms with E-state index in [1.54, 1.807) is 6.92 Å². The van der Waals surface area contributed by atoms with Crippen LogP contribution >= 0.6 is 0 Å². The molecule has 1 aliphatic heterocycles. The molecular weight excluding hydrogens is 266 g/mol. The number of aliphatic hydroxyl groups excluding tert-OH is 1. The normalized spacial score (nSPS) is 22.5. The molecule has 2 atom stereocenters. The van der Waals surface area contributed by atoms with Crippen LogP contribution < -0.4 is 5.32 Å². The Labute approximate surface area is 129 Å². The van der Waals surface area contributed by atoms with Crippen molar-refractivity contribution in [3.05, 3.63) is 0 Å². The smallest absolute Gasteiger partial charge is 0.317 e. The second-order valence-corrected chi connectivity index (χ2v) is 7.64. The number of carbonyl (C=O) groups excluding carboxylic acids is 1. The van der Waals surface area contributed by atoms with Gasteiger partial charge in [0.25, 0.3) is 0 Å². The van der Waals surface area contributed by atoms with Gasteiger partial charge < -0.3 is 20.2 Å². The summed E-state index contributed by atoms with van der Waals surface area (Å²) in [7, 11) is 2.11. The van der Waals surface area contributed by atoms with Gasteiger partial charge in [0.15, 0.2) is 0 Å². The molecule has 1 saturated heterocycles. The molecule has 21 heavy (non-hydrogen) atoms. The van der Waals surface area contributed by atoms with Crippen molar-refractivity contribution in [3.63, 3.8) is 0 Å². The highest BCUT2D eigenvalue weighted by Crippen LogP contribution is 2.22. The van der Waals surface area contributed by atoms with E-state index < -0.39 is 0 Å². The van der Waals surface area contributed by atoms with E-state index in [1.165, 1.54) is 0 Å². The van der Waals surface area contributed by atoms with Crippen LogP contribution in [0.2, 0.25) is 0 Å². The standard InChI is InChI=1S/C16H33N3O2/c1-12(2)14-10-18(6)7-8-19(14)15(21)17-11-16(4,5)9-13(3)20/h12-14,20H,7-11H2,1-6H3,(H,17,21). The van der Waals surface area contributed by atoms with E-state index in [1.807, 2.05) is 4.90 Å². The van der Waals surface area contributed by atoms with Crippen molar-refractivity contribution >= 4 is 6.03 Å². The van der Waals surface area contributed by atoms with Crippen LogP contribution in [0.4, 0.5) is 4.79 Å². The molecule has 0 aromatic carbocycles. The number of piperazine rings is 1. The van der Waals surface area contributed by atoms with Gasteiger partial charge in [0.2, 0.25) is 0 Å². The number of urea groups is 1. The SMILES string of the molecule is CC(O)CC(C)(C)CNC(=O)N1CCN(C)CC1C(C)C. The number of aliphatic hydroxyl groups is 1. The number of carbonyl (C=O) groups is 1. The highest BCUT2D eigenvalue weighted by atomic mass is 16.3. The number of nitrogens with one attached hydrogen (secondary N) is 1. The molecule has 124 valence electrons. The summed E-state index contributed by atoms with van der Waals surface area (Å²) in [6.45, 7) is 13.5. The lowest BCUT2D eigenvalue weighted by molar-refractivity contribution is 0.0816. The molecule has 2 amide bonds. The second-order valence-electron chi connectivity index (χ2n) is 7.64. The molecule has 2 unspecified atom stereocenters. The van der Waals surface area contributed by atoms with Crippen molar-refractivity contribution in [1.82, 2.24) is 15.1 Å². The summed E-state index contributed by atoms with van der Waals surface area (Å²) in [4.78, 5) is 16.7. The third-order valence-corrected chi connectivity index (χ3v) is 4.22. The molecule has 1 rings (SSSR count). The summed E-state index contributed by atoms with van der Waals surface area (Å²) in [5, 5.41) is 12.6. The Morgan fingerprint density at radius 2 is 1.95 bits per heavy atom. The first-order valence-electron chi connectivity index (χ1n) is 8.03. The summed E-state index contributed by atoms with van der Waals surface area (Å²) in [6.07, 6.45) is 0.341. The van der Waals surface area contributed by atoms with Crippen molar-refractivity contribution in [2.45, 2.75) is 53.2 Å². The van der Waals surface area contributed by atoms with Gasteiger partial charge in [-0.1, -0.05) is 27.7 Å². The van der Waals surface area contributed by atoms with Crippen molar-refractivity contribution in [2.75, 3.05) is 33.2 Å². The number of likely N-dealkylation sites (N-methyl/N-ethyl adjacent to an activating group) is 1. The Bertz CT molecular complexity index is 342. The Morgan fingerprint density at radius 1 is 1.33 bits per heavy atom. The van der Waals surface area contributed by atoms with Crippen LogP contribution in [-0.4, -0.2) is 66.3 Å². The molecular formula is C16H33N3O2. The topological polar surface area (TPSA) is 55.8 Å². The number of nitrogens with zero attached hydrogens (tertiary/aromatic N) is 2. The van der Waals surface area contributed by atoms with Crippen LogP contribution in [0.15, 0.2) is 0 Å². The summed E-state index contributed by atoms with van der Waals surface area (Å²) >= 11 is 0. The highest BCUT2D eigenvalue weighted by molar-refractivity contribution is 5.74. The van der Waals surface area contributed by atoms with Gasteiger partial charge in [0.1, 0.15) is 0 Å². The van der Waals surface area contributed by atoms with Crippen molar-refractivity contribution in [3.8, 4) is 0 Å². The van der Waals surface area contributed by atoms with Crippen LogP contribution in [0.5, 0.6) is 0 Å². The molecule has 0 aliphatic carbocycles. The number of hydrogen-bond acceptors (Lipinski definition) is 3. The van der Waals surface area contributed by atoms with Gasteiger partial charge in [-0.2, -0.15) is 0 Å². The predicted octanol–water partition coefficient (Wildman–Crippen LogP) is 1.77. The van der Waals surface area contributed by atoms with E-state index >= 15 is 0 Å². The summed E-state index contributed by atoms with van der Waals surface area (Å²) in [5.41, 5.74) is -0.0935. The maximum atomic E-state index is 12.5. The molecule has 2 N–H and O–H groups in total. The van der Waals surface area contributed by atoms with Crippen molar-refractivity contribution in [2.24, 2.45) is 11.3 Å². The summed E-state index contributed by atoms with van der Waals surface area (Å²) < 4.78 is 0. The van der Waals surface area contributed by atoms with Gasteiger partial charge in [-0.3, -0.25) is 0 Å². The average molecular weight is 299 g/mol. The minimum Gasteiger partial charge on any atom is -0.393 e. The van der Waals surface area contributed by atoms with Crippen LogP contribution in [0.25, 0.3) is 0 Å². The minimum absolute atomic E-state index is 0.0282. The van der Waals surface area contributed by atoms with E-state index in [0.29, 0.717) is 18.9 Å².